The topological polar surface area (TPSA) is 155 Å². The van der Waals surface area contributed by atoms with Crippen molar-refractivity contribution in [1.29, 1.82) is 0 Å². The lowest BCUT2D eigenvalue weighted by Crippen LogP contribution is -2.07. The Morgan fingerprint density at radius 2 is 1.77 bits per heavy atom. The van der Waals surface area contributed by atoms with E-state index >= 15 is 0 Å². The first-order chi connectivity index (χ1) is 14.3. The summed E-state index contributed by atoms with van der Waals surface area (Å²) in [4.78, 5) is 32.1. The largest absolute Gasteiger partial charge is 0.501 e. The van der Waals surface area contributed by atoms with E-state index in [2.05, 4.69) is 0 Å². The number of ether oxygens (including phenoxy) is 2. The van der Waals surface area contributed by atoms with Crippen molar-refractivity contribution in [3.63, 3.8) is 0 Å². The molecule has 1 heterocycles. The molecule has 0 fully saturated rings. The van der Waals surface area contributed by atoms with Crippen molar-refractivity contribution in [1.82, 2.24) is 0 Å². The quantitative estimate of drug-likeness (QED) is 0.251. The third kappa shape index (κ3) is 4.29. The molecule has 3 rings (SSSR count). The molecule has 0 unspecified atom stereocenters. The van der Waals surface area contributed by atoms with Crippen molar-refractivity contribution < 1.29 is 28.8 Å². The highest BCUT2D eigenvalue weighted by Crippen LogP contribution is 2.33. The molecule has 0 saturated heterocycles. The molecule has 0 saturated carbocycles. The first-order valence-corrected chi connectivity index (χ1v) is 8.73. The Morgan fingerprint density at radius 1 is 1.03 bits per heavy atom. The van der Waals surface area contributed by atoms with E-state index in [-0.39, 0.29) is 35.6 Å². The number of aryl methyl sites for hydroxylation is 1. The lowest BCUT2D eigenvalue weighted by atomic mass is 10.2. The van der Waals surface area contributed by atoms with Crippen molar-refractivity contribution in [3.05, 3.63) is 72.6 Å². The Labute approximate surface area is 168 Å². The van der Waals surface area contributed by atoms with Crippen LogP contribution in [0.15, 0.2) is 45.6 Å². The van der Waals surface area contributed by atoms with Gasteiger partial charge in [0, 0.05) is 18.6 Å². The number of nitro benzene ring substituents is 1. The van der Waals surface area contributed by atoms with Crippen molar-refractivity contribution >= 4 is 22.3 Å². The van der Waals surface area contributed by atoms with E-state index in [0.29, 0.717) is 12.2 Å². The first kappa shape index (κ1) is 20.6. The summed E-state index contributed by atoms with van der Waals surface area (Å²) in [6.07, 6.45) is 0.401. The van der Waals surface area contributed by atoms with E-state index in [4.69, 9.17) is 13.9 Å². The van der Waals surface area contributed by atoms with Crippen LogP contribution in [0.3, 0.4) is 0 Å². The summed E-state index contributed by atoms with van der Waals surface area (Å²) in [5, 5.41) is 31.8. The molecule has 11 nitrogen and oxygen atoms in total. The minimum Gasteiger partial charge on any atom is -0.501 e. The monoisotopic (exact) mass is 416 g/mol. The second-order valence-corrected chi connectivity index (χ2v) is 6.28. The molecule has 0 aliphatic heterocycles. The van der Waals surface area contributed by atoms with Crippen LogP contribution in [0.4, 0.5) is 11.4 Å². The van der Waals surface area contributed by atoms with Gasteiger partial charge in [0.05, 0.1) is 28.4 Å². The molecule has 11 heteroatoms. The summed E-state index contributed by atoms with van der Waals surface area (Å²) in [6.45, 7) is 2.10. The molecule has 0 bridgehead atoms. The van der Waals surface area contributed by atoms with Gasteiger partial charge in [-0.1, -0.05) is 6.07 Å². The van der Waals surface area contributed by atoms with Gasteiger partial charge in [-0.25, -0.2) is 4.79 Å². The molecule has 30 heavy (non-hydrogen) atoms. The van der Waals surface area contributed by atoms with E-state index in [1.165, 1.54) is 30.3 Å². The molecular weight excluding hydrogens is 400 g/mol. The van der Waals surface area contributed by atoms with Crippen molar-refractivity contribution in [3.8, 4) is 17.2 Å². The van der Waals surface area contributed by atoms with Gasteiger partial charge in [-0.05, 0) is 30.7 Å². The van der Waals surface area contributed by atoms with Gasteiger partial charge in [0.15, 0.2) is 5.75 Å². The maximum atomic E-state index is 11.7. The third-order valence-electron chi connectivity index (χ3n) is 4.14. The highest BCUT2D eigenvalue weighted by atomic mass is 16.6. The van der Waals surface area contributed by atoms with E-state index in [0.717, 1.165) is 5.56 Å². The predicted octanol–water partition coefficient (Wildman–Crippen LogP) is 3.47. The average Bonchev–Trinajstić information content (AvgIpc) is 2.68. The zero-order chi connectivity index (χ0) is 21.8. The van der Waals surface area contributed by atoms with Crippen molar-refractivity contribution in [2.75, 3.05) is 13.2 Å². The zero-order valence-electron chi connectivity index (χ0n) is 15.7. The van der Waals surface area contributed by atoms with Crippen LogP contribution in [-0.2, 0) is 0 Å². The molecule has 3 aromatic rings. The highest BCUT2D eigenvalue weighted by molar-refractivity contribution is 5.87. The number of hydrogen-bond acceptors (Lipinski definition) is 9. The second kappa shape index (κ2) is 8.47. The fourth-order valence-electron chi connectivity index (χ4n) is 2.73. The molecule has 2 aromatic carbocycles. The molecular formula is C19H16N2O9. The molecule has 0 aliphatic rings. The molecule has 0 aliphatic carbocycles. The number of nitro groups is 2. The van der Waals surface area contributed by atoms with Crippen LogP contribution in [0.5, 0.6) is 17.2 Å². The molecule has 0 amide bonds. The Balaban J connectivity index is 1.62. The van der Waals surface area contributed by atoms with Crippen LogP contribution < -0.4 is 15.1 Å². The number of aromatic hydroxyl groups is 1. The SMILES string of the molecule is Cc1ccc(OCCCOc2ccc3c(O)c([N+](=O)[O-])c(=O)oc3c2)c([N+](=O)[O-])c1. The van der Waals surface area contributed by atoms with Crippen LogP contribution >= 0.6 is 0 Å². The zero-order valence-corrected chi connectivity index (χ0v) is 15.7. The molecule has 0 spiro atoms. The average molecular weight is 416 g/mol. The normalized spacial score (nSPS) is 10.7. The van der Waals surface area contributed by atoms with Crippen LogP contribution in [0.25, 0.3) is 11.0 Å². The van der Waals surface area contributed by atoms with E-state index in [1.807, 2.05) is 0 Å². The van der Waals surface area contributed by atoms with Gasteiger partial charge in [-0.15, -0.1) is 0 Å². The maximum absolute atomic E-state index is 11.7. The van der Waals surface area contributed by atoms with E-state index in [9.17, 15) is 30.1 Å². The predicted molar refractivity (Wildman–Crippen MR) is 104 cm³/mol. The molecule has 1 aromatic heterocycles. The van der Waals surface area contributed by atoms with Gasteiger partial charge >= 0.3 is 17.0 Å². The number of rotatable bonds is 8. The fraction of sp³-hybridized carbons (Fsp3) is 0.211. The van der Waals surface area contributed by atoms with Gasteiger partial charge in [-0.2, -0.15) is 0 Å². The molecule has 156 valence electrons. The van der Waals surface area contributed by atoms with E-state index < -0.39 is 26.9 Å². The van der Waals surface area contributed by atoms with Crippen molar-refractivity contribution in [2.24, 2.45) is 0 Å². The lowest BCUT2D eigenvalue weighted by Gasteiger charge is -2.09. The second-order valence-electron chi connectivity index (χ2n) is 6.28. The first-order valence-electron chi connectivity index (χ1n) is 8.73. The summed E-state index contributed by atoms with van der Waals surface area (Å²) in [6, 6.07) is 8.78. The summed E-state index contributed by atoms with van der Waals surface area (Å²) in [7, 11) is 0. The Hall–Kier alpha value is -4.15. The number of nitrogens with zero attached hydrogens (tertiary/aromatic N) is 2. The fourth-order valence-corrected chi connectivity index (χ4v) is 2.73. The minimum absolute atomic E-state index is 0.00339. The Kier molecular flexibility index (Phi) is 5.81. The van der Waals surface area contributed by atoms with Gasteiger partial charge in [0.25, 0.3) is 0 Å². The lowest BCUT2D eigenvalue weighted by molar-refractivity contribution is -0.388. The minimum atomic E-state index is -1.27. The third-order valence-corrected chi connectivity index (χ3v) is 4.14. The summed E-state index contributed by atoms with van der Waals surface area (Å²) >= 11 is 0. The van der Waals surface area contributed by atoms with Crippen LogP contribution in [0, 0.1) is 27.2 Å². The molecule has 0 radical (unpaired) electrons. The molecule has 1 N–H and O–H groups in total. The van der Waals surface area contributed by atoms with E-state index in [1.54, 1.807) is 13.0 Å². The summed E-state index contributed by atoms with van der Waals surface area (Å²) < 4.78 is 15.8. The standard InChI is InChI=1S/C19H16N2O9/c1-11-3-6-15(14(9-11)20(24)25)29-8-2-7-28-12-4-5-13-16(10-12)30-19(23)17(18(13)22)21(26)27/h3-6,9-10,22H,2,7-8H2,1H3. The maximum Gasteiger partial charge on any atom is 0.419 e. The van der Waals surface area contributed by atoms with Gasteiger partial charge in [0.2, 0.25) is 5.75 Å². The van der Waals surface area contributed by atoms with Gasteiger partial charge < -0.3 is 19.0 Å². The highest BCUT2D eigenvalue weighted by Gasteiger charge is 2.24. The van der Waals surface area contributed by atoms with Gasteiger partial charge in [-0.3, -0.25) is 20.2 Å². The van der Waals surface area contributed by atoms with Gasteiger partial charge in [0.1, 0.15) is 11.3 Å². The van der Waals surface area contributed by atoms with Crippen LogP contribution in [-0.4, -0.2) is 28.2 Å². The number of hydrogen-bond donors (Lipinski definition) is 1. The van der Waals surface area contributed by atoms with Crippen LogP contribution in [0.2, 0.25) is 0 Å². The smallest absolute Gasteiger partial charge is 0.419 e. The number of benzene rings is 2. The molecule has 0 atom stereocenters. The number of fused-ring (bicyclic) bond motifs is 1. The Morgan fingerprint density at radius 3 is 2.47 bits per heavy atom. The Bertz CT molecular complexity index is 1190. The van der Waals surface area contributed by atoms with Crippen molar-refractivity contribution in [2.45, 2.75) is 13.3 Å². The summed E-state index contributed by atoms with van der Waals surface area (Å²) in [5.74, 6) is -0.304. The van der Waals surface area contributed by atoms with Crippen LogP contribution in [0.1, 0.15) is 12.0 Å². The summed E-state index contributed by atoms with van der Waals surface area (Å²) in [5.41, 5.74) is -1.73.